The molecular weight excluding hydrogens is 520 g/mol. The van der Waals surface area contributed by atoms with Gasteiger partial charge in [0.1, 0.15) is 5.82 Å². The lowest BCUT2D eigenvalue weighted by Gasteiger charge is -2.57. The molecule has 1 heterocycles. The van der Waals surface area contributed by atoms with Crippen molar-refractivity contribution in [3.63, 3.8) is 0 Å². The van der Waals surface area contributed by atoms with Crippen molar-refractivity contribution in [3.8, 4) is 11.3 Å². The van der Waals surface area contributed by atoms with E-state index >= 15 is 0 Å². The molecule has 3 aromatic rings. The first-order valence-electron chi connectivity index (χ1n) is 13.0. The largest absolute Gasteiger partial charge is 0.309 e. The Labute approximate surface area is 220 Å². The highest BCUT2D eigenvalue weighted by Crippen LogP contribution is 2.61. The molecule has 4 aliphatic carbocycles. The third-order valence-corrected chi connectivity index (χ3v) is 8.59. The van der Waals surface area contributed by atoms with E-state index in [0.29, 0.717) is 41.1 Å². The van der Waals surface area contributed by atoms with E-state index in [1.54, 1.807) is 12.1 Å². The molecule has 1 aromatic heterocycles. The summed E-state index contributed by atoms with van der Waals surface area (Å²) < 4.78 is 82.6. The van der Waals surface area contributed by atoms with Crippen LogP contribution in [-0.4, -0.2) is 15.9 Å². The maximum Gasteiger partial charge on any atom is 0.230 e. The number of amides is 1. The first-order valence-corrected chi connectivity index (χ1v) is 13.0. The van der Waals surface area contributed by atoms with Gasteiger partial charge < -0.3 is 5.32 Å². The van der Waals surface area contributed by atoms with Gasteiger partial charge in [0.2, 0.25) is 11.7 Å². The zero-order valence-electron chi connectivity index (χ0n) is 20.8. The van der Waals surface area contributed by atoms with E-state index in [1.165, 1.54) is 37.6 Å². The van der Waals surface area contributed by atoms with E-state index in [-0.39, 0.29) is 11.2 Å². The Bertz CT molecular complexity index is 1390. The van der Waals surface area contributed by atoms with Crippen LogP contribution in [-0.2, 0) is 17.6 Å². The summed E-state index contributed by atoms with van der Waals surface area (Å²) in [6.45, 7) is 0. The van der Waals surface area contributed by atoms with Crippen molar-refractivity contribution in [1.29, 1.82) is 0 Å². The van der Waals surface area contributed by atoms with Crippen LogP contribution in [0.1, 0.15) is 49.8 Å². The van der Waals surface area contributed by atoms with Crippen molar-refractivity contribution >= 4 is 11.7 Å². The molecule has 4 nitrogen and oxygen atoms in total. The third-order valence-electron chi connectivity index (χ3n) is 8.59. The SMILES string of the molecule is O=C(Cc1c(F)c(F)c(F)c(F)c1F)Nc1ncc(-c2ccc(F)cc2)nc1CC12CC3CC(CC(C3)C1)C2. The lowest BCUT2D eigenvalue weighted by atomic mass is 9.48. The average molecular weight is 546 g/mol. The van der Waals surface area contributed by atoms with Gasteiger partial charge in [-0.25, -0.2) is 36.3 Å². The van der Waals surface area contributed by atoms with Crippen molar-refractivity contribution in [3.05, 3.63) is 76.6 Å². The van der Waals surface area contributed by atoms with Gasteiger partial charge in [-0.05, 0) is 92.4 Å². The molecule has 0 unspecified atom stereocenters. The van der Waals surface area contributed by atoms with Crippen molar-refractivity contribution in [2.75, 3.05) is 5.32 Å². The number of aromatic nitrogens is 2. The Kier molecular flexibility index (Phi) is 6.38. The van der Waals surface area contributed by atoms with Crippen LogP contribution in [0.2, 0.25) is 0 Å². The number of nitrogens with zero attached hydrogens (tertiary/aromatic N) is 2. The monoisotopic (exact) mass is 545 g/mol. The van der Waals surface area contributed by atoms with Crippen molar-refractivity contribution in [1.82, 2.24) is 9.97 Å². The summed E-state index contributed by atoms with van der Waals surface area (Å²) in [5.74, 6) is -9.97. The minimum absolute atomic E-state index is 0.00818. The Hall–Kier alpha value is -3.43. The van der Waals surface area contributed by atoms with Gasteiger partial charge in [0.25, 0.3) is 0 Å². The Morgan fingerprint density at radius 2 is 1.36 bits per heavy atom. The highest BCUT2D eigenvalue weighted by atomic mass is 19.2. The van der Waals surface area contributed by atoms with Crippen molar-refractivity contribution in [2.24, 2.45) is 23.2 Å². The number of hydrogen-bond acceptors (Lipinski definition) is 3. The van der Waals surface area contributed by atoms with E-state index < -0.39 is 52.8 Å². The molecule has 4 aliphatic rings. The van der Waals surface area contributed by atoms with Gasteiger partial charge in [0, 0.05) is 11.1 Å². The summed E-state index contributed by atoms with van der Waals surface area (Å²) in [6, 6.07) is 5.73. The Morgan fingerprint density at radius 1 is 0.821 bits per heavy atom. The predicted octanol–water partition coefficient (Wildman–Crippen LogP) is 6.92. The molecule has 10 heteroatoms. The first-order chi connectivity index (χ1) is 18.6. The molecular formula is C29H25F6N3O. The number of carbonyl (C=O) groups excluding carboxylic acids is 1. The number of hydrogen-bond donors (Lipinski definition) is 1. The van der Waals surface area contributed by atoms with Gasteiger partial charge in [0.15, 0.2) is 29.1 Å². The van der Waals surface area contributed by atoms with Crippen LogP contribution in [0.3, 0.4) is 0 Å². The maximum absolute atomic E-state index is 14.2. The van der Waals surface area contributed by atoms with E-state index in [9.17, 15) is 31.1 Å². The standard InChI is InChI=1S/C29H25F6N3O/c30-18-3-1-17(2-4-18)21-13-36-28(38-22(39)8-19-23(31)25(33)27(35)26(34)24(19)32)20(37-21)12-29-9-14-5-15(10-29)7-16(6-14)11-29/h1-4,13-16H,5-12H2,(H,36,38,39). The quantitative estimate of drug-likeness (QED) is 0.208. The zero-order chi connectivity index (χ0) is 27.5. The van der Waals surface area contributed by atoms with Crippen LogP contribution in [0, 0.1) is 58.1 Å². The van der Waals surface area contributed by atoms with E-state index in [1.807, 2.05) is 0 Å². The van der Waals surface area contributed by atoms with Crippen LogP contribution in [0.25, 0.3) is 11.3 Å². The van der Waals surface area contributed by atoms with E-state index in [2.05, 4.69) is 10.3 Å². The second-order valence-electron chi connectivity index (χ2n) is 11.4. The second-order valence-corrected chi connectivity index (χ2v) is 11.4. The Morgan fingerprint density at radius 3 is 1.92 bits per heavy atom. The third kappa shape index (κ3) is 4.78. The highest BCUT2D eigenvalue weighted by molar-refractivity contribution is 5.92. The lowest BCUT2D eigenvalue weighted by molar-refractivity contribution is -0.115. The molecule has 4 saturated carbocycles. The fourth-order valence-corrected chi connectivity index (χ4v) is 7.42. The van der Waals surface area contributed by atoms with Gasteiger partial charge >= 0.3 is 0 Å². The number of benzene rings is 2. The number of halogens is 6. The smallest absolute Gasteiger partial charge is 0.230 e. The zero-order valence-corrected chi connectivity index (χ0v) is 20.8. The van der Waals surface area contributed by atoms with Gasteiger partial charge in [-0.3, -0.25) is 4.79 Å². The molecule has 7 rings (SSSR count). The Balaban J connectivity index is 1.32. The predicted molar refractivity (Wildman–Crippen MR) is 130 cm³/mol. The molecule has 0 saturated heterocycles. The summed E-state index contributed by atoms with van der Waals surface area (Å²) in [5.41, 5.74) is 0.334. The average Bonchev–Trinajstić information content (AvgIpc) is 2.89. The highest BCUT2D eigenvalue weighted by Gasteiger charge is 2.51. The fourth-order valence-electron chi connectivity index (χ4n) is 7.42. The molecule has 39 heavy (non-hydrogen) atoms. The number of nitrogens with one attached hydrogen (secondary N) is 1. The normalized spacial score (nSPS) is 25.2. The van der Waals surface area contributed by atoms with E-state index in [4.69, 9.17) is 4.98 Å². The molecule has 4 fully saturated rings. The number of rotatable bonds is 6. The van der Waals surface area contributed by atoms with Gasteiger partial charge in [0.05, 0.1) is 24.0 Å². The maximum atomic E-state index is 14.2. The minimum Gasteiger partial charge on any atom is -0.309 e. The summed E-state index contributed by atoms with van der Waals surface area (Å²) in [7, 11) is 0. The molecule has 1 N–H and O–H groups in total. The summed E-state index contributed by atoms with van der Waals surface area (Å²) in [4.78, 5) is 21.9. The van der Waals surface area contributed by atoms with Gasteiger partial charge in [-0.1, -0.05) is 0 Å². The summed E-state index contributed by atoms with van der Waals surface area (Å²) >= 11 is 0. The van der Waals surface area contributed by atoms with Crippen molar-refractivity contribution in [2.45, 2.75) is 51.4 Å². The van der Waals surface area contributed by atoms with Crippen molar-refractivity contribution < 1.29 is 31.1 Å². The molecule has 2 aromatic carbocycles. The molecule has 1 amide bonds. The molecule has 4 bridgehead atoms. The van der Waals surface area contributed by atoms with Crippen LogP contribution in [0.4, 0.5) is 32.2 Å². The van der Waals surface area contributed by atoms with Crippen LogP contribution >= 0.6 is 0 Å². The second kappa shape index (κ2) is 9.64. The number of carbonyl (C=O) groups is 1. The van der Waals surface area contributed by atoms with Gasteiger partial charge in [-0.2, -0.15) is 0 Å². The fraction of sp³-hybridized carbons (Fsp3) is 0.414. The molecule has 0 radical (unpaired) electrons. The summed E-state index contributed by atoms with van der Waals surface area (Å²) in [6.07, 6.45) is 7.65. The molecule has 0 spiro atoms. The van der Waals surface area contributed by atoms with Crippen LogP contribution in [0.5, 0.6) is 0 Å². The summed E-state index contributed by atoms with van der Waals surface area (Å²) in [5, 5.41) is 2.49. The topological polar surface area (TPSA) is 54.9 Å². The minimum atomic E-state index is -2.28. The molecule has 0 atom stereocenters. The van der Waals surface area contributed by atoms with Gasteiger partial charge in [-0.15, -0.1) is 0 Å². The molecule has 204 valence electrons. The molecule has 0 aliphatic heterocycles. The number of anilines is 1. The van der Waals surface area contributed by atoms with Crippen LogP contribution < -0.4 is 5.32 Å². The lowest BCUT2D eigenvalue weighted by Crippen LogP contribution is -2.47. The first kappa shape index (κ1) is 25.8. The van der Waals surface area contributed by atoms with E-state index in [0.717, 1.165) is 19.3 Å². The van der Waals surface area contributed by atoms with Crippen LogP contribution in [0.15, 0.2) is 30.5 Å².